The summed E-state index contributed by atoms with van der Waals surface area (Å²) in [4.78, 5) is 0. The summed E-state index contributed by atoms with van der Waals surface area (Å²) in [5, 5.41) is 1.07. The second-order valence-electron chi connectivity index (χ2n) is 1.74. The Labute approximate surface area is 64.9 Å². The zero-order chi connectivity index (χ0) is 7.40. The quantitative estimate of drug-likeness (QED) is 0.292. The smallest absolute Gasteiger partial charge is 0.0832 e. The van der Waals surface area contributed by atoms with Crippen LogP contribution in [0.5, 0.6) is 0 Å². The first-order valence-corrected chi connectivity index (χ1v) is 3.12. The average Bonchev–Trinajstić information content (AvgIpc) is 2.05. The molecular formula is C6H8N2OS. The summed E-state index contributed by atoms with van der Waals surface area (Å²) in [6.45, 7) is 0. The minimum absolute atomic E-state index is 0.762. The van der Waals surface area contributed by atoms with Gasteiger partial charge in [-0.15, -0.1) is 0 Å². The van der Waals surface area contributed by atoms with Crippen LogP contribution in [0.3, 0.4) is 0 Å². The van der Waals surface area contributed by atoms with Crippen LogP contribution < -0.4 is 11.0 Å². The van der Waals surface area contributed by atoms with Crippen molar-refractivity contribution in [3.63, 3.8) is 0 Å². The van der Waals surface area contributed by atoms with Crippen molar-refractivity contribution in [2.24, 2.45) is 5.84 Å². The summed E-state index contributed by atoms with van der Waals surface area (Å²) >= 11 is 3.53. The van der Waals surface area contributed by atoms with Crippen LogP contribution in [0.25, 0.3) is 0 Å². The van der Waals surface area contributed by atoms with Gasteiger partial charge in [-0.3, -0.25) is 0 Å². The highest BCUT2D eigenvalue weighted by atomic mass is 32.1. The predicted octanol–water partition coefficient (Wildman–Crippen LogP) is 1.14. The third-order valence-electron chi connectivity index (χ3n) is 1.10. The lowest BCUT2D eigenvalue weighted by atomic mass is 10.3. The van der Waals surface area contributed by atoms with Crippen LogP contribution in [0, 0.1) is 0 Å². The normalized spacial score (nSPS) is 9.40. The van der Waals surface area contributed by atoms with Crippen molar-refractivity contribution in [3.05, 3.63) is 30.3 Å². The average molecular weight is 156 g/mol. The Balaban J connectivity index is 2.75. The van der Waals surface area contributed by atoms with Gasteiger partial charge in [-0.05, 0) is 12.1 Å². The fourth-order valence-corrected chi connectivity index (χ4v) is 0.716. The molecule has 54 valence electrons. The van der Waals surface area contributed by atoms with E-state index in [4.69, 9.17) is 5.84 Å². The van der Waals surface area contributed by atoms with Crippen LogP contribution in [0.4, 0.5) is 5.69 Å². The number of nitrogens with two attached hydrogens (primary N) is 1. The number of hydrazine groups is 1. The lowest BCUT2D eigenvalue weighted by Gasteiger charge is -2.12. The lowest BCUT2D eigenvalue weighted by Crippen LogP contribution is -2.27. The topological polar surface area (TPSA) is 38.5 Å². The number of thiol groups is 1. The summed E-state index contributed by atoms with van der Waals surface area (Å²) in [5.41, 5.74) is 0.762. The van der Waals surface area contributed by atoms with E-state index in [1.807, 2.05) is 30.3 Å². The van der Waals surface area contributed by atoms with Crippen molar-refractivity contribution in [3.8, 4) is 0 Å². The van der Waals surface area contributed by atoms with E-state index in [1.54, 1.807) is 0 Å². The van der Waals surface area contributed by atoms with Gasteiger partial charge in [0.25, 0.3) is 0 Å². The van der Waals surface area contributed by atoms with Gasteiger partial charge in [-0.25, -0.2) is 5.84 Å². The minimum Gasteiger partial charge on any atom is -0.222 e. The van der Waals surface area contributed by atoms with Gasteiger partial charge in [0, 0.05) is 12.9 Å². The molecule has 0 saturated heterocycles. The molecule has 0 fully saturated rings. The molecule has 1 rings (SSSR count). The van der Waals surface area contributed by atoms with Gasteiger partial charge in [0.05, 0.1) is 5.69 Å². The molecule has 0 aliphatic carbocycles. The molecule has 1 aromatic rings. The number of para-hydroxylation sites is 1. The molecule has 3 nitrogen and oxygen atoms in total. The molecule has 1 aromatic carbocycles. The van der Waals surface area contributed by atoms with Crippen molar-refractivity contribution in [2.45, 2.75) is 0 Å². The second-order valence-corrected chi connectivity index (χ2v) is 1.91. The minimum atomic E-state index is 0.762. The monoisotopic (exact) mass is 156 g/mol. The van der Waals surface area contributed by atoms with Crippen molar-refractivity contribution < 1.29 is 4.28 Å². The Kier molecular flexibility index (Phi) is 2.56. The standard InChI is InChI=1S/C6H8N2OS/c7-8(9-10)6-4-2-1-3-5-6/h1-5,10H,7H2. The zero-order valence-electron chi connectivity index (χ0n) is 5.27. The Bertz CT molecular complexity index is 192. The fourth-order valence-electron chi connectivity index (χ4n) is 0.622. The van der Waals surface area contributed by atoms with Crippen LogP contribution in [-0.4, -0.2) is 0 Å². The van der Waals surface area contributed by atoms with Crippen LogP contribution in [0.2, 0.25) is 0 Å². The molecule has 0 saturated carbocycles. The van der Waals surface area contributed by atoms with Crippen LogP contribution in [0.1, 0.15) is 0 Å². The van der Waals surface area contributed by atoms with Gasteiger partial charge in [0.2, 0.25) is 0 Å². The third-order valence-corrected chi connectivity index (χ3v) is 1.27. The first-order valence-electron chi connectivity index (χ1n) is 2.76. The number of hydrogen-bond donors (Lipinski definition) is 2. The summed E-state index contributed by atoms with van der Waals surface area (Å²) in [7, 11) is 0. The van der Waals surface area contributed by atoms with Crippen LogP contribution in [0.15, 0.2) is 30.3 Å². The van der Waals surface area contributed by atoms with Gasteiger partial charge >= 0.3 is 0 Å². The number of rotatable bonds is 2. The van der Waals surface area contributed by atoms with E-state index in [-0.39, 0.29) is 0 Å². The van der Waals surface area contributed by atoms with E-state index in [2.05, 4.69) is 17.2 Å². The summed E-state index contributed by atoms with van der Waals surface area (Å²) < 4.78 is 4.44. The molecule has 0 bridgehead atoms. The molecule has 4 heteroatoms. The van der Waals surface area contributed by atoms with E-state index in [0.29, 0.717) is 0 Å². The molecular weight excluding hydrogens is 148 g/mol. The van der Waals surface area contributed by atoms with Crippen LogP contribution >= 0.6 is 12.9 Å². The third kappa shape index (κ3) is 1.63. The highest BCUT2D eigenvalue weighted by molar-refractivity contribution is 7.75. The summed E-state index contributed by atoms with van der Waals surface area (Å²) in [6.07, 6.45) is 0. The first kappa shape index (κ1) is 7.40. The number of nitrogens with zero attached hydrogens (tertiary/aromatic N) is 1. The second kappa shape index (κ2) is 3.46. The number of anilines is 1. The van der Waals surface area contributed by atoms with Crippen molar-refractivity contribution in [2.75, 3.05) is 5.17 Å². The Morgan fingerprint density at radius 3 is 2.40 bits per heavy atom. The molecule has 10 heavy (non-hydrogen) atoms. The molecule has 0 unspecified atom stereocenters. The maximum absolute atomic E-state index is 5.33. The van der Waals surface area contributed by atoms with Crippen LogP contribution in [-0.2, 0) is 4.28 Å². The molecule has 0 heterocycles. The molecule has 0 atom stereocenters. The van der Waals surface area contributed by atoms with E-state index in [9.17, 15) is 0 Å². The number of hydrogen-bond acceptors (Lipinski definition) is 4. The molecule has 0 aromatic heterocycles. The largest absolute Gasteiger partial charge is 0.222 e. The number of benzene rings is 1. The molecule has 0 amide bonds. The maximum Gasteiger partial charge on any atom is 0.0832 e. The molecule has 0 radical (unpaired) electrons. The Hall–Kier alpha value is -0.710. The van der Waals surface area contributed by atoms with Gasteiger partial charge in [-0.2, -0.15) is 9.46 Å². The summed E-state index contributed by atoms with van der Waals surface area (Å²) in [5.74, 6) is 5.33. The van der Waals surface area contributed by atoms with Crippen molar-refractivity contribution >= 4 is 18.6 Å². The fraction of sp³-hybridized carbons (Fsp3) is 0. The van der Waals surface area contributed by atoms with Gasteiger partial charge in [0.1, 0.15) is 0 Å². The highest BCUT2D eigenvalue weighted by Gasteiger charge is 1.95. The van der Waals surface area contributed by atoms with Crippen molar-refractivity contribution in [1.82, 2.24) is 0 Å². The van der Waals surface area contributed by atoms with Crippen molar-refractivity contribution in [1.29, 1.82) is 0 Å². The lowest BCUT2D eigenvalue weighted by molar-refractivity contribution is 0.341. The predicted molar refractivity (Wildman–Crippen MR) is 43.2 cm³/mol. The first-order chi connectivity index (χ1) is 4.84. The molecule has 0 aliphatic rings. The zero-order valence-corrected chi connectivity index (χ0v) is 6.16. The highest BCUT2D eigenvalue weighted by Crippen LogP contribution is 2.09. The Morgan fingerprint density at radius 2 is 1.90 bits per heavy atom. The van der Waals surface area contributed by atoms with Gasteiger partial charge in [0.15, 0.2) is 0 Å². The van der Waals surface area contributed by atoms with E-state index >= 15 is 0 Å². The Morgan fingerprint density at radius 1 is 1.30 bits per heavy atom. The SMILES string of the molecule is NN(OS)c1ccccc1. The molecule has 0 spiro atoms. The van der Waals surface area contributed by atoms with Gasteiger partial charge in [-0.1, -0.05) is 18.2 Å². The molecule has 2 N–H and O–H groups in total. The maximum atomic E-state index is 5.33. The van der Waals surface area contributed by atoms with E-state index < -0.39 is 0 Å². The van der Waals surface area contributed by atoms with Gasteiger partial charge < -0.3 is 0 Å². The summed E-state index contributed by atoms with van der Waals surface area (Å²) in [6, 6.07) is 9.26. The molecule has 0 aliphatic heterocycles. The van der Waals surface area contributed by atoms with E-state index in [1.165, 1.54) is 0 Å². The van der Waals surface area contributed by atoms with E-state index in [0.717, 1.165) is 10.9 Å².